The van der Waals surface area contributed by atoms with Crippen LogP contribution in [-0.4, -0.2) is 0 Å². The van der Waals surface area contributed by atoms with Crippen molar-refractivity contribution in [3.8, 4) is 6.07 Å². The molecule has 0 unspecified atom stereocenters. The maximum absolute atomic E-state index is 9.11. The van der Waals surface area contributed by atoms with Gasteiger partial charge in [0.1, 0.15) is 6.07 Å². The lowest BCUT2D eigenvalue weighted by Crippen LogP contribution is -1.94. The predicted molar refractivity (Wildman–Crippen MR) is 81.3 cm³/mol. The van der Waals surface area contributed by atoms with Gasteiger partial charge in [-0.3, -0.25) is 0 Å². The smallest absolute Gasteiger partial charge is 0.103 e. The number of rotatable bonds is 2. The summed E-state index contributed by atoms with van der Waals surface area (Å²) >= 11 is 5.63. The van der Waals surface area contributed by atoms with Gasteiger partial charge >= 0.3 is 0 Å². The van der Waals surface area contributed by atoms with Crippen molar-refractivity contribution in [2.75, 3.05) is 5.32 Å². The lowest BCUT2D eigenvalue weighted by atomic mass is 10.2. The number of anilines is 2. The van der Waals surface area contributed by atoms with Gasteiger partial charge in [0.2, 0.25) is 0 Å². The van der Waals surface area contributed by atoms with Crippen molar-refractivity contribution in [2.45, 2.75) is 0 Å². The van der Waals surface area contributed by atoms with Gasteiger partial charge in [0.05, 0.1) is 11.3 Å². The largest absolute Gasteiger partial charge is 0.354 e. The Morgan fingerprint density at radius 2 is 1.94 bits per heavy atom. The molecule has 0 spiro atoms. The molecule has 0 heterocycles. The van der Waals surface area contributed by atoms with Crippen LogP contribution in [-0.2, 0) is 0 Å². The summed E-state index contributed by atoms with van der Waals surface area (Å²) in [7, 11) is 0. The van der Waals surface area contributed by atoms with Crippen molar-refractivity contribution in [1.29, 1.82) is 5.26 Å². The van der Waals surface area contributed by atoms with Crippen LogP contribution in [0.15, 0.2) is 46.9 Å². The first-order chi connectivity index (χ1) is 8.20. The zero-order valence-corrected chi connectivity index (χ0v) is 12.5. The highest BCUT2D eigenvalue weighted by molar-refractivity contribution is 14.1. The van der Waals surface area contributed by atoms with Crippen LogP contribution in [0.3, 0.4) is 0 Å². The van der Waals surface area contributed by atoms with E-state index in [2.05, 4.69) is 49.9 Å². The van der Waals surface area contributed by atoms with Gasteiger partial charge in [0, 0.05) is 13.7 Å². The van der Waals surface area contributed by atoms with E-state index in [4.69, 9.17) is 5.26 Å². The van der Waals surface area contributed by atoms with Crippen LogP contribution in [0.25, 0.3) is 0 Å². The fraction of sp³-hybridized carbons (Fsp3) is 0. The first-order valence-corrected chi connectivity index (χ1v) is 6.79. The molecule has 0 aliphatic heterocycles. The molecule has 0 saturated heterocycles. The summed E-state index contributed by atoms with van der Waals surface area (Å²) in [6.07, 6.45) is 0. The molecule has 2 rings (SSSR count). The molecule has 0 atom stereocenters. The Balaban J connectivity index is 2.37. The van der Waals surface area contributed by atoms with Gasteiger partial charge in [0.25, 0.3) is 0 Å². The molecular weight excluding hydrogens is 391 g/mol. The van der Waals surface area contributed by atoms with E-state index in [1.165, 1.54) is 0 Å². The molecule has 2 nitrogen and oxygen atoms in total. The molecule has 17 heavy (non-hydrogen) atoms. The van der Waals surface area contributed by atoms with Crippen molar-refractivity contribution < 1.29 is 0 Å². The highest BCUT2D eigenvalue weighted by atomic mass is 127. The van der Waals surface area contributed by atoms with Crippen molar-refractivity contribution in [1.82, 2.24) is 0 Å². The lowest BCUT2D eigenvalue weighted by Gasteiger charge is -2.09. The van der Waals surface area contributed by atoms with Crippen LogP contribution in [0.1, 0.15) is 5.56 Å². The summed E-state index contributed by atoms with van der Waals surface area (Å²) in [4.78, 5) is 0. The molecule has 4 heteroatoms. The molecule has 0 amide bonds. The van der Waals surface area contributed by atoms with Crippen LogP contribution in [0, 0.1) is 14.9 Å². The topological polar surface area (TPSA) is 35.8 Å². The summed E-state index contributed by atoms with van der Waals surface area (Å²) in [6, 6.07) is 15.9. The van der Waals surface area contributed by atoms with Crippen molar-refractivity contribution in [3.05, 3.63) is 56.1 Å². The van der Waals surface area contributed by atoms with E-state index in [0.29, 0.717) is 5.56 Å². The molecule has 0 aliphatic rings. The van der Waals surface area contributed by atoms with Crippen LogP contribution in [0.5, 0.6) is 0 Å². The minimum absolute atomic E-state index is 0.617. The third kappa shape index (κ3) is 2.99. The third-order valence-electron chi connectivity index (χ3n) is 2.23. The molecule has 0 bridgehead atoms. The molecule has 2 aromatic rings. The second-order valence-electron chi connectivity index (χ2n) is 3.41. The lowest BCUT2D eigenvalue weighted by molar-refractivity contribution is 1.44. The number of benzene rings is 2. The zero-order chi connectivity index (χ0) is 12.3. The van der Waals surface area contributed by atoms with Crippen LogP contribution in [0.4, 0.5) is 11.4 Å². The van der Waals surface area contributed by atoms with Gasteiger partial charge in [-0.25, -0.2) is 0 Å². The Morgan fingerprint density at radius 1 is 1.18 bits per heavy atom. The summed E-state index contributed by atoms with van der Waals surface area (Å²) in [5.41, 5.74) is 2.40. The average molecular weight is 399 g/mol. The molecule has 0 aromatic heterocycles. The van der Waals surface area contributed by atoms with Gasteiger partial charge in [0.15, 0.2) is 0 Å². The highest BCUT2D eigenvalue weighted by Gasteiger charge is 2.05. The predicted octanol–water partition coefficient (Wildman–Crippen LogP) is 4.67. The van der Waals surface area contributed by atoms with E-state index >= 15 is 0 Å². The molecule has 1 N–H and O–H groups in total. The van der Waals surface area contributed by atoms with E-state index in [0.717, 1.165) is 19.4 Å². The van der Waals surface area contributed by atoms with E-state index < -0.39 is 0 Å². The van der Waals surface area contributed by atoms with Gasteiger partial charge < -0.3 is 5.32 Å². The maximum Gasteiger partial charge on any atom is 0.103 e. The number of hydrogen-bond acceptors (Lipinski definition) is 2. The number of hydrogen-bond donors (Lipinski definition) is 1. The van der Waals surface area contributed by atoms with Crippen LogP contribution < -0.4 is 5.32 Å². The highest BCUT2D eigenvalue weighted by Crippen LogP contribution is 2.27. The molecule has 0 aliphatic carbocycles. The van der Waals surface area contributed by atoms with E-state index in [-0.39, 0.29) is 0 Å². The monoisotopic (exact) mass is 398 g/mol. The minimum atomic E-state index is 0.617. The Bertz CT molecular complexity index is 590. The number of nitrogens with zero attached hydrogens (tertiary/aromatic N) is 1. The fourth-order valence-electron chi connectivity index (χ4n) is 1.46. The molecule has 0 saturated carbocycles. The summed E-state index contributed by atoms with van der Waals surface area (Å²) in [5, 5.41) is 12.4. The van der Waals surface area contributed by atoms with Gasteiger partial charge in [-0.1, -0.05) is 12.1 Å². The molecule has 0 fully saturated rings. The van der Waals surface area contributed by atoms with Gasteiger partial charge in [-0.2, -0.15) is 5.26 Å². The second kappa shape index (κ2) is 5.52. The molecular formula is C13H8BrIN2. The minimum Gasteiger partial charge on any atom is -0.354 e. The Morgan fingerprint density at radius 3 is 2.65 bits per heavy atom. The Hall–Kier alpha value is -1.06. The van der Waals surface area contributed by atoms with Crippen molar-refractivity contribution >= 4 is 49.9 Å². The summed E-state index contributed by atoms with van der Waals surface area (Å²) in [5.74, 6) is 0. The molecule has 0 radical (unpaired) electrons. The zero-order valence-electron chi connectivity index (χ0n) is 8.74. The second-order valence-corrected chi connectivity index (χ2v) is 5.51. The van der Waals surface area contributed by atoms with Gasteiger partial charge in [-0.05, 0) is 68.9 Å². The van der Waals surface area contributed by atoms with E-state index in [1.807, 2.05) is 42.5 Å². The first-order valence-electron chi connectivity index (χ1n) is 4.92. The number of halogens is 2. The summed E-state index contributed by atoms with van der Waals surface area (Å²) in [6.45, 7) is 0. The maximum atomic E-state index is 9.11. The van der Waals surface area contributed by atoms with Crippen LogP contribution >= 0.6 is 38.5 Å². The third-order valence-corrected chi connectivity index (χ3v) is 3.56. The molecule has 84 valence electrons. The first kappa shape index (κ1) is 12.4. The van der Waals surface area contributed by atoms with Crippen LogP contribution in [0.2, 0.25) is 0 Å². The fourth-order valence-corrected chi connectivity index (χ4v) is 2.46. The molecule has 2 aromatic carbocycles. The number of nitriles is 1. The average Bonchev–Trinajstić information content (AvgIpc) is 2.29. The Kier molecular flexibility index (Phi) is 4.02. The van der Waals surface area contributed by atoms with Crippen molar-refractivity contribution in [3.63, 3.8) is 0 Å². The Labute approximate surface area is 122 Å². The van der Waals surface area contributed by atoms with Gasteiger partial charge in [-0.15, -0.1) is 0 Å². The van der Waals surface area contributed by atoms with Crippen molar-refractivity contribution in [2.24, 2.45) is 0 Å². The standard InChI is InChI=1S/C13H8BrIN2/c14-12-5-2-6-13(11(12)8-16)17-10-4-1-3-9(15)7-10/h1-7,17H. The number of nitrogens with one attached hydrogen (secondary N) is 1. The SMILES string of the molecule is N#Cc1c(Br)cccc1Nc1cccc(I)c1. The normalized spacial score (nSPS) is 9.71. The van der Waals surface area contributed by atoms with E-state index in [1.54, 1.807) is 0 Å². The quantitative estimate of drug-likeness (QED) is 0.746. The van der Waals surface area contributed by atoms with E-state index in [9.17, 15) is 0 Å². The summed E-state index contributed by atoms with van der Waals surface area (Å²) < 4.78 is 1.96.